The van der Waals surface area contributed by atoms with E-state index in [0.717, 1.165) is 30.4 Å². The molecular weight excluding hydrogens is 412 g/mol. The Bertz CT molecular complexity index is 1130. The summed E-state index contributed by atoms with van der Waals surface area (Å²) in [5, 5.41) is 6.79. The zero-order chi connectivity index (χ0) is 21.9. The van der Waals surface area contributed by atoms with Gasteiger partial charge in [0.1, 0.15) is 18.4 Å². The van der Waals surface area contributed by atoms with Gasteiger partial charge in [0.25, 0.3) is 5.91 Å². The molecule has 1 atom stereocenters. The maximum atomic E-state index is 12.9. The SMILES string of the molecule is O=C1Nc2ccc(-c3noc(C4CCCCN4C(=O)COc4ccccc4)n3)cc2CO1. The molecule has 1 aromatic heterocycles. The molecule has 0 radical (unpaired) electrons. The molecule has 9 heteroatoms. The van der Waals surface area contributed by atoms with Crippen LogP contribution in [0.1, 0.15) is 36.8 Å². The second-order valence-corrected chi connectivity index (χ2v) is 7.73. The summed E-state index contributed by atoms with van der Waals surface area (Å²) in [6.07, 6.45) is 2.18. The number of likely N-dealkylation sites (tertiary alicyclic amines) is 1. The predicted octanol–water partition coefficient (Wildman–Crippen LogP) is 3.93. The summed E-state index contributed by atoms with van der Waals surface area (Å²) < 4.78 is 16.2. The molecule has 2 aliphatic heterocycles. The Kier molecular flexibility index (Phi) is 5.45. The van der Waals surface area contributed by atoms with E-state index in [1.54, 1.807) is 11.0 Å². The average Bonchev–Trinajstić information content (AvgIpc) is 3.33. The van der Waals surface area contributed by atoms with E-state index in [1.165, 1.54) is 0 Å². The van der Waals surface area contributed by atoms with Crippen molar-refractivity contribution in [3.8, 4) is 17.1 Å². The Morgan fingerprint density at radius 2 is 2.06 bits per heavy atom. The number of cyclic esters (lactones) is 1. The monoisotopic (exact) mass is 434 g/mol. The third-order valence-electron chi connectivity index (χ3n) is 5.61. The molecule has 2 aliphatic rings. The molecule has 2 aromatic carbocycles. The second kappa shape index (κ2) is 8.70. The van der Waals surface area contributed by atoms with Crippen LogP contribution in [0.25, 0.3) is 11.4 Å². The minimum atomic E-state index is -0.467. The first-order valence-electron chi connectivity index (χ1n) is 10.6. The lowest BCUT2D eigenvalue weighted by Crippen LogP contribution is -2.41. The number of anilines is 1. The number of benzene rings is 2. The van der Waals surface area contributed by atoms with Crippen LogP contribution in [-0.2, 0) is 16.1 Å². The smallest absolute Gasteiger partial charge is 0.411 e. The van der Waals surface area contributed by atoms with Gasteiger partial charge in [0, 0.05) is 17.7 Å². The third kappa shape index (κ3) is 4.14. The first-order chi connectivity index (χ1) is 15.7. The fourth-order valence-corrected chi connectivity index (χ4v) is 3.98. The first-order valence-corrected chi connectivity index (χ1v) is 10.6. The van der Waals surface area contributed by atoms with Crippen LogP contribution in [0.3, 0.4) is 0 Å². The molecule has 2 amide bonds. The minimum absolute atomic E-state index is 0.0436. The normalized spacial score (nSPS) is 17.8. The summed E-state index contributed by atoms with van der Waals surface area (Å²) in [7, 11) is 0. The molecule has 9 nitrogen and oxygen atoms in total. The van der Waals surface area contributed by atoms with Crippen LogP contribution in [0.2, 0.25) is 0 Å². The van der Waals surface area contributed by atoms with Gasteiger partial charge in [-0.3, -0.25) is 10.1 Å². The number of hydrogen-bond donors (Lipinski definition) is 1. The fraction of sp³-hybridized carbons (Fsp3) is 0.304. The zero-order valence-corrected chi connectivity index (χ0v) is 17.3. The van der Waals surface area contributed by atoms with Gasteiger partial charge < -0.3 is 18.9 Å². The van der Waals surface area contributed by atoms with Gasteiger partial charge in [-0.1, -0.05) is 23.4 Å². The lowest BCUT2D eigenvalue weighted by atomic mass is 10.0. The first kappa shape index (κ1) is 20.0. The standard InChI is InChI=1S/C23H22N4O5/c28-20(14-30-17-6-2-1-3-7-17)27-11-5-4-8-19(27)22-25-21(26-32-22)15-9-10-18-16(12-15)13-31-23(29)24-18/h1-3,6-7,9-10,12,19H,4-5,8,11,13-14H2,(H,24,29). The van der Waals surface area contributed by atoms with Crippen molar-refractivity contribution in [3.63, 3.8) is 0 Å². The van der Waals surface area contributed by atoms with Crippen LogP contribution >= 0.6 is 0 Å². The van der Waals surface area contributed by atoms with Crippen LogP contribution in [0.5, 0.6) is 5.75 Å². The zero-order valence-electron chi connectivity index (χ0n) is 17.3. The molecule has 1 unspecified atom stereocenters. The van der Waals surface area contributed by atoms with E-state index in [-0.39, 0.29) is 25.2 Å². The van der Waals surface area contributed by atoms with Crippen molar-refractivity contribution in [1.29, 1.82) is 0 Å². The van der Waals surface area contributed by atoms with Crippen LogP contribution in [0, 0.1) is 0 Å². The van der Waals surface area contributed by atoms with Gasteiger partial charge in [-0.05, 0) is 49.6 Å². The number of hydrogen-bond acceptors (Lipinski definition) is 7. The number of rotatable bonds is 5. The summed E-state index contributed by atoms with van der Waals surface area (Å²) in [5.41, 5.74) is 2.29. The Balaban J connectivity index is 1.31. The largest absolute Gasteiger partial charge is 0.484 e. The Morgan fingerprint density at radius 3 is 2.94 bits per heavy atom. The molecule has 0 spiro atoms. The van der Waals surface area contributed by atoms with Crippen LogP contribution < -0.4 is 10.1 Å². The average molecular weight is 434 g/mol. The summed E-state index contributed by atoms with van der Waals surface area (Å²) in [4.78, 5) is 30.6. The summed E-state index contributed by atoms with van der Waals surface area (Å²) in [6, 6.07) is 14.5. The van der Waals surface area contributed by atoms with Gasteiger partial charge in [-0.15, -0.1) is 0 Å². The molecule has 5 rings (SSSR count). The number of nitrogens with zero attached hydrogens (tertiary/aromatic N) is 3. The summed E-state index contributed by atoms with van der Waals surface area (Å²) in [6.45, 7) is 0.763. The molecule has 3 aromatic rings. The lowest BCUT2D eigenvalue weighted by molar-refractivity contribution is -0.138. The highest BCUT2D eigenvalue weighted by atomic mass is 16.5. The van der Waals surface area contributed by atoms with E-state index in [1.807, 2.05) is 42.5 Å². The number of carbonyl (C=O) groups excluding carboxylic acids is 2. The molecular formula is C23H22N4O5. The van der Waals surface area contributed by atoms with Gasteiger partial charge in [-0.2, -0.15) is 4.98 Å². The fourth-order valence-electron chi connectivity index (χ4n) is 3.98. The highest BCUT2D eigenvalue weighted by Crippen LogP contribution is 2.32. The number of para-hydroxylation sites is 1. The number of aromatic nitrogens is 2. The lowest BCUT2D eigenvalue weighted by Gasteiger charge is -2.33. The van der Waals surface area contributed by atoms with Crippen molar-refractivity contribution >= 4 is 17.7 Å². The number of amides is 2. The maximum absolute atomic E-state index is 12.9. The summed E-state index contributed by atoms with van der Waals surface area (Å²) >= 11 is 0. The predicted molar refractivity (Wildman–Crippen MR) is 114 cm³/mol. The molecule has 1 fully saturated rings. The second-order valence-electron chi connectivity index (χ2n) is 7.73. The third-order valence-corrected chi connectivity index (χ3v) is 5.61. The van der Waals surface area contributed by atoms with Crippen LogP contribution in [0.4, 0.5) is 10.5 Å². The molecule has 0 bridgehead atoms. The Morgan fingerprint density at radius 1 is 1.19 bits per heavy atom. The van der Waals surface area contributed by atoms with Crippen molar-refractivity contribution < 1.29 is 23.6 Å². The number of nitrogens with one attached hydrogen (secondary N) is 1. The maximum Gasteiger partial charge on any atom is 0.411 e. The van der Waals surface area contributed by atoms with E-state index in [4.69, 9.17) is 14.0 Å². The van der Waals surface area contributed by atoms with E-state index in [9.17, 15) is 9.59 Å². The highest BCUT2D eigenvalue weighted by molar-refractivity contribution is 5.88. The van der Waals surface area contributed by atoms with Crippen molar-refractivity contribution in [2.45, 2.75) is 31.9 Å². The quantitative estimate of drug-likeness (QED) is 0.648. The number of piperidine rings is 1. The molecule has 1 N–H and O–H groups in total. The van der Waals surface area contributed by atoms with Gasteiger partial charge in [0.05, 0.1) is 5.69 Å². The Labute approximate surface area is 184 Å². The van der Waals surface area contributed by atoms with Crippen molar-refractivity contribution in [2.75, 3.05) is 18.5 Å². The van der Waals surface area contributed by atoms with E-state index >= 15 is 0 Å². The molecule has 1 saturated heterocycles. The molecule has 0 saturated carbocycles. The van der Waals surface area contributed by atoms with Crippen LogP contribution in [0.15, 0.2) is 53.1 Å². The van der Waals surface area contributed by atoms with Crippen molar-refractivity contribution in [2.24, 2.45) is 0 Å². The minimum Gasteiger partial charge on any atom is -0.484 e. The molecule has 164 valence electrons. The Hall–Kier alpha value is -3.88. The van der Waals surface area contributed by atoms with E-state index in [2.05, 4.69) is 15.5 Å². The molecule has 3 heterocycles. The van der Waals surface area contributed by atoms with Gasteiger partial charge in [-0.25, -0.2) is 4.79 Å². The summed E-state index contributed by atoms with van der Waals surface area (Å²) in [5.74, 6) is 1.38. The van der Waals surface area contributed by atoms with E-state index < -0.39 is 6.09 Å². The number of ether oxygens (including phenoxy) is 2. The van der Waals surface area contributed by atoms with Crippen LogP contribution in [-0.4, -0.2) is 40.2 Å². The molecule has 32 heavy (non-hydrogen) atoms. The molecule has 0 aliphatic carbocycles. The van der Waals surface area contributed by atoms with E-state index in [0.29, 0.717) is 29.7 Å². The van der Waals surface area contributed by atoms with Gasteiger partial charge >= 0.3 is 6.09 Å². The number of carbonyl (C=O) groups is 2. The van der Waals surface area contributed by atoms with Crippen molar-refractivity contribution in [1.82, 2.24) is 15.0 Å². The number of fused-ring (bicyclic) bond motifs is 1. The van der Waals surface area contributed by atoms with Crippen molar-refractivity contribution in [3.05, 3.63) is 60.0 Å². The topological polar surface area (TPSA) is 107 Å². The van der Waals surface area contributed by atoms with Gasteiger partial charge in [0.15, 0.2) is 6.61 Å². The van der Waals surface area contributed by atoms with Gasteiger partial charge in [0.2, 0.25) is 11.7 Å². The highest BCUT2D eigenvalue weighted by Gasteiger charge is 2.32.